The van der Waals surface area contributed by atoms with Crippen LogP contribution in [0.25, 0.3) is 5.69 Å². The van der Waals surface area contributed by atoms with Crippen LogP contribution < -0.4 is 10.6 Å². The molecule has 3 rings (SSSR count). The third-order valence-corrected chi connectivity index (χ3v) is 4.21. The molecule has 154 valence electrons. The summed E-state index contributed by atoms with van der Waals surface area (Å²) in [5, 5.41) is 23.7. The van der Waals surface area contributed by atoms with E-state index in [0.29, 0.717) is 11.4 Å². The molecule has 11 heteroatoms. The maximum absolute atomic E-state index is 13.6. The SMILES string of the molecule is Cc1c(C(=O)NCCNC(=O)c2ccccc2F)nnn1-c1cccc([N+](=O)[O-])c1. The van der Waals surface area contributed by atoms with Crippen molar-refractivity contribution < 1.29 is 18.9 Å². The minimum atomic E-state index is -0.632. The number of rotatable bonds is 7. The van der Waals surface area contributed by atoms with Crippen molar-refractivity contribution in [2.45, 2.75) is 6.92 Å². The largest absolute Gasteiger partial charge is 0.350 e. The van der Waals surface area contributed by atoms with Crippen LogP contribution in [-0.2, 0) is 0 Å². The van der Waals surface area contributed by atoms with Crippen LogP contribution in [0.2, 0.25) is 0 Å². The third-order valence-electron chi connectivity index (χ3n) is 4.21. The van der Waals surface area contributed by atoms with Gasteiger partial charge in [0.25, 0.3) is 17.5 Å². The van der Waals surface area contributed by atoms with Crippen molar-refractivity contribution >= 4 is 17.5 Å². The number of non-ortho nitro benzene ring substituents is 1. The summed E-state index contributed by atoms with van der Waals surface area (Å²) in [5.74, 6) is -1.74. The molecule has 30 heavy (non-hydrogen) atoms. The number of carbonyl (C=O) groups excluding carboxylic acids is 2. The summed E-state index contributed by atoms with van der Waals surface area (Å²) in [5.41, 5.74) is 0.634. The molecule has 0 spiro atoms. The number of nitrogens with one attached hydrogen (secondary N) is 2. The van der Waals surface area contributed by atoms with Gasteiger partial charge in [0.05, 0.1) is 21.9 Å². The van der Waals surface area contributed by atoms with Gasteiger partial charge >= 0.3 is 0 Å². The molecule has 2 N–H and O–H groups in total. The van der Waals surface area contributed by atoms with E-state index in [4.69, 9.17) is 0 Å². The zero-order chi connectivity index (χ0) is 21.7. The van der Waals surface area contributed by atoms with E-state index in [-0.39, 0.29) is 30.0 Å². The van der Waals surface area contributed by atoms with Crippen LogP contribution in [0.3, 0.4) is 0 Å². The quantitative estimate of drug-likeness (QED) is 0.345. The van der Waals surface area contributed by atoms with E-state index >= 15 is 0 Å². The van der Waals surface area contributed by atoms with Crippen LogP contribution in [-0.4, -0.2) is 44.8 Å². The fourth-order valence-corrected chi connectivity index (χ4v) is 2.70. The molecule has 0 aliphatic carbocycles. The van der Waals surface area contributed by atoms with Crippen molar-refractivity contribution in [3.63, 3.8) is 0 Å². The molecule has 2 aromatic carbocycles. The Bertz CT molecular complexity index is 1110. The van der Waals surface area contributed by atoms with Gasteiger partial charge in [0, 0.05) is 25.2 Å². The van der Waals surface area contributed by atoms with Crippen molar-refractivity contribution in [3.05, 3.63) is 81.4 Å². The zero-order valence-corrected chi connectivity index (χ0v) is 15.8. The van der Waals surface area contributed by atoms with Crippen molar-refractivity contribution in [3.8, 4) is 5.69 Å². The van der Waals surface area contributed by atoms with E-state index in [9.17, 15) is 24.1 Å². The lowest BCUT2D eigenvalue weighted by atomic mass is 10.2. The molecule has 0 saturated heterocycles. The Morgan fingerprint density at radius 2 is 1.80 bits per heavy atom. The first-order valence-electron chi connectivity index (χ1n) is 8.86. The smallest absolute Gasteiger partial charge is 0.273 e. The van der Waals surface area contributed by atoms with Crippen LogP contribution >= 0.6 is 0 Å². The second-order valence-electron chi connectivity index (χ2n) is 6.20. The van der Waals surface area contributed by atoms with E-state index in [0.717, 1.165) is 0 Å². The molecule has 0 fully saturated rings. The lowest BCUT2D eigenvalue weighted by Crippen LogP contribution is -2.35. The van der Waals surface area contributed by atoms with Gasteiger partial charge in [-0.2, -0.15) is 0 Å². The van der Waals surface area contributed by atoms with E-state index < -0.39 is 22.6 Å². The van der Waals surface area contributed by atoms with Gasteiger partial charge in [0.1, 0.15) is 5.82 Å². The van der Waals surface area contributed by atoms with Crippen molar-refractivity contribution in [1.29, 1.82) is 0 Å². The molecule has 3 aromatic rings. The number of benzene rings is 2. The first-order valence-corrected chi connectivity index (χ1v) is 8.86. The summed E-state index contributed by atoms with van der Waals surface area (Å²) in [7, 11) is 0. The molecule has 0 aliphatic heterocycles. The molecule has 0 aliphatic rings. The topological polar surface area (TPSA) is 132 Å². The lowest BCUT2D eigenvalue weighted by Gasteiger charge is -2.07. The van der Waals surface area contributed by atoms with Crippen LogP contribution in [0.15, 0.2) is 48.5 Å². The Hall–Kier alpha value is -4.15. The number of amides is 2. The van der Waals surface area contributed by atoms with Crippen molar-refractivity contribution in [1.82, 2.24) is 25.6 Å². The molecule has 0 unspecified atom stereocenters. The molecule has 0 bridgehead atoms. The molecule has 10 nitrogen and oxygen atoms in total. The number of nitro benzene ring substituents is 1. The van der Waals surface area contributed by atoms with Crippen molar-refractivity contribution in [2.75, 3.05) is 13.1 Å². The number of hydrogen-bond acceptors (Lipinski definition) is 6. The Morgan fingerprint density at radius 1 is 1.10 bits per heavy atom. The van der Waals surface area contributed by atoms with Gasteiger partial charge in [-0.3, -0.25) is 19.7 Å². The molecule has 2 amide bonds. The molecule has 1 heterocycles. The standard InChI is InChI=1S/C19H17FN6O4/c1-12-17(23-24-25(12)13-5-4-6-14(11-13)26(29)30)19(28)22-10-9-21-18(27)15-7-2-3-8-16(15)20/h2-8,11H,9-10H2,1H3,(H,21,27)(H,22,28). The molecular weight excluding hydrogens is 395 g/mol. The maximum Gasteiger partial charge on any atom is 0.273 e. The predicted molar refractivity (Wildman–Crippen MR) is 104 cm³/mol. The number of nitrogens with zero attached hydrogens (tertiary/aromatic N) is 4. The summed E-state index contributed by atoms with van der Waals surface area (Å²) < 4.78 is 14.9. The van der Waals surface area contributed by atoms with Gasteiger partial charge < -0.3 is 10.6 Å². The Labute approximate surface area is 169 Å². The van der Waals surface area contributed by atoms with Gasteiger partial charge in [0.15, 0.2) is 5.69 Å². The second kappa shape index (κ2) is 8.90. The van der Waals surface area contributed by atoms with Crippen LogP contribution in [0.5, 0.6) is 0 Å². The fraction of sp³-hybridized carbons (Fsp3) is 0.158. The van der Waals surface area contributed by atoms with Crippen LogP contribution in [0.4, 0.5) is 10.1 Å². The van der Waals surface area contributed by atoms with Gasteiger partial charge in [0.2, 0.25) is 0 Å². The summed E-state index contributed by atoms with van der Waals surface area (Å²) >= 11 is 0. The number of carbonyl (C=O) groups is 2. The second-order valence-corrected chi connectivity index (χ2v) is 6.20. The van der Waals surface area contributed by atoms with Gasteiger partial charge in [-0.1, -0.05) is 23.4 Å². The summed E-state index contributed by atoms with van der Waals surface area (Å²) in [6.45, 7) is 1.77. The highest BCUT2D eigenvalue weighted by Crippen LogP contribution is 2.18. The fourth-order valence-electron chi connectivity index (χ4n) is 2.70. The highest BCUT2D eigenvalue weighted by atomic mass is 19.1. The Kier molecular flexibility index (Phi) is 6.11. The minimum Gasteiger partial charge on any atom is -0.350 e. The number of nitro groups is 1. The lowest BCUT2D eigenvalue weighted by molar-refractivity contribution is -0.384. The van der Waals surface area contributed by atoms with Crippen LogP contribution in [0.1, 0.15) is 26.5 Å². The summed E-state index contributed by atoms with van der Waals surface area (Å²) in [4.78, 5) is 34.7. The van der Waals surface area contributed by atoms with Gasteiger partial charge in [-0.25, -0.2) is 9.07 Å². The number of aromatic nitrogens is 3. The van der Waals surface area contributed by atoms with E-state index in [1.165, 1.54) is 41.1 Å². The summed E-state index contributed by atoms with van der Waals surface area (Å²) in [6.07, 6.45) is 0. The average Bonchev–Trinajstić information content (AvgIpc) is 3.12. The summed E-state index contributed by atoms with van der Waals surface area (Å²) in [6, 6.07) is 11.4. The minimum absolute atomic E-state index is 0.0435. The van der Waals surface area contributed by atoms with E-state index in [1.54, 1.807) is 19.1 Å². The number of hydrogen-bond donors (Lipinski definition) is 2. The molecule has 0 radical (unpaired) electrons. The normalized spacial score (nSPS) is 10.5. The van der Waals surface area contributed by atoms with E-state index in [2.05, 4.69) is 20.9 Å². The van der Waals surface area contributed by atoms with E-state index in [1.807, 2.05) is 0 Å². The zero-order valence-electron chi connectivity index (χ0n) is 15.8. The predicted octanol–water partition coefficient (Wildman–Crippen LogP) is 1.78. The molecule has 1 aromatic heterocycles. The average molecular weight is 412 g/mol. The number of halogens is 1. The maximum atomic E-state index is 13.6. The third kappa shape index (κ3) is 4.46. The van der Waals surface area contributed by atoms with Gasteiger partial charge in [-0.15, -0.1) is 5.10 Å². The first kappa shape index (κ1) is 20.6. The molecule has 0 saturated carbocycles. The highest BCUT2D eigenvalue weighted by Gasteiger charge is 2.18. The van der Waals surface area contributed by atoms with Crippen LogP contribution in [0, 0.1) is 22.9 Å². The Balaban J connectivity index is 1.59. The van der Waals surface area contributed by atoms with Gasteiger partial charge in [-0.05, 0) is 25.1 Å². The monoisotopic (exact) mass is 412 g/mol. The van der Waals surface area contributed by atoms with Crippen molar-refractivity contribution in [2.24, 2.45) is 0 Å². The highest BCUT2D eigenvalue weighted by molar-refractivity contribution is 5.95. The molecular formula is C19H17FN6O4. The Morgan fingerprint density at radius 3 is 2.50 bits per heavy atom. The molecule has 0 atom stereocenters. The first-order chi connectivity index (χ1) is 14.4.